The van der Waals surface area contributed by atoms with Crippen molar-refractivity contribution in [3.8, 4) is 11.5 Å². The molecule has 0 atom stereocenters. The standard InChI is InChI=1S/C7H3Br3O4/c8-2-1(7(13)14)5(11)6(12)4(10)3(2)9/h11-12H,(H,13,14). The first-order valence-electron chi connectivity index (χ1n) is 3.19. The summed E-state index contributed by atoms with van der Waals surface area (Å²) in [6, 6.07) is 0. The lowest BCUT2D eigenvalue weighted by molar-refractivity contribution is 0.0691. The summed E-state index contributed by atoms with van der Waals surface area (Å²) in [6.07, 6.45) is 0. The first-order chi connectivity index (χ1) is 6.37. The zero-order chi connectivity index (χ0) is 11.0. The summed E-state index contributed by atoms with van der Waals surface area (Å²) in [5.41, 5.74) is -0.391. The van der Waals surface area contributed by atoms with Gasteiger partial charge in [-0.2, -0.15) is 0 Å². The number of carboxylic acid groups (broad SMARTS) is 1. The Bertz CT molecular complexity index is 387. The second-order valence-corrected chi connectivity index (χ2v) is 4.70. The van der Waals surface area contributed by atoms with Gasteiger partial charge in [0, 0.05) is 0 Å². The SMILES string of the molecule is O=C(O)c1c(O)c(O)c(Br)c(Br)c1Br. The number of phenolic OH excluding ortho intramolecular Hbond substituents is 1. The van der Waals surface area contributed by atoms with Crippen LogP contribution in [0.5, 0.6) is 11.5 Å². The van der Waals surface area contributed by atoms with Crippen molar-refractivity contribution in [3.63, 3.8) is 0 Å². The molecule has 1 aromatic rings. The number of aromatic carboxylic acids is 1. The highest BCUT2D eigenvalue weighted by Crippen LogP contribution is 2.46. The number of phenols is 2. The normalized spacial score (nSPS) is 10.2. The fraction of sp³-hybridized carbons (Fsp3) is 0. The third kappa shape index (κ3) is 1.76. The second kappa shape index (κ2) is 4.08. The van der Waals surface area contributed by atoms with E-state index in [4.69, 9.17) is 5.11 Å². The molecule has 0 amide bonds. The summed E-state index contributed by atoms with van der Waals surface area (Å²) in [6.45, 7) is 0. The highest BCUT2D eigenvalue weighted by molar-refractivity contribution is 9.14. The number of carboxylic acids is 1. The van der Waals surface area contributed by atoms with Crippen LogP contribution >= 0.6 is 47.8 Å². The number of hydrogen-bond donors (Lipinski definition) is 3. The Hall–Kier alpha value is -0.270. The molecule has 76 valence electrons. The van der Waals surface area contributed by atoms with E-state index in [1.165, 1.54) is 0 Å². The molecule has 0 radical (unpaired) electrons. The third-order valence-electron chi connectivity index (χ3n) is 1.49. The maximum absolute atomic E-state index is 10.7. The molecular weight excluding hydrogens is 388 g/mol. The van der Waals surface area contributed by atoms with Gasteiger partial charge in [-0.15, -0.1) is 0 Å². The van der Waals surface area contributed by atoms with Crippen molar-refractivity contribution in [3.05, 3.63) is 19.0 Å². The molecule has 0 aliphatic heterocycles. The maximum atomic E-state index is 10.7. The van der Waals surface area contributed by atoms with E-state index >= 15 is 0 Å². The van der Waals surface area contributed by atoms with Crippen LogP contribution in [0.1, 0.15) is 10.4 Å². The molecule has 4 nitrogen and oxygen atoms in total. The lowest BCUT2D eigenvalue weighted by Crippen LogP contribution is -1.99. The predicted molar refractivity (Wildman–Crippen MR) is 59.8 cm³/mol. The molecular formula is C7H3Br3O4. The van der Waals surface area contributed by atoms with Crippen LogP contribution in [0, 0.1) is 0 Å². The van der Waals surface area contributed by atoms with E-state index in [9.17, 15) is 15.0 Å². The molecule has 0 aliphatic rings. The maximum Gasteiger partial charge on any atom is 0.340 e. The van der Waals surface area contributed by atoms with Gasteiger partial charge >= 0.3 is 5.97 Å². The van der Waals surface area contributed by atoms with Crippen molar-refractivity contribution in [1.82, 2.24) is 0 Å². The van der Waals surface area contributed by atoms with Gasteiger partial charge in [-0.1, -0.05) is 0 Å². The van der Waals surface area contributed by atoms with Crippen LogP contribution in [0.15, 0.2) is 13.4 Å². The summed E-state index contributed by atoms with van der Waals surface area (Å²) in [5, 5.41) is 27.4. The second-order valence-electron chi connectivity index (χ2n) is 2.32. The summed E-state index contributed by atoms with van der Waals surface area (Å²) in [5.74, 6) is -2.53. The van der Waals surface area contributed by atoms with Crippen LogP contribution in [0.4, 0.5) is 0 Å². The largest absolute Gasteiger partial charge is 0.504 e. The van der Waals surface area contributed by atoms with Gasteiger partial charge in [0.1, 0.15) is 5.56 Å². The quantitative estimate of drug-likeness (QED) is 0.508. The molecule has 7 heteroatoms. The molecule has 14 heavy (non-hydrogen) atoms. The van der Waals surface area contributed by atoms with Gasteiger partial charge in [-0.3, -0.25) is 0 Å². The Morgan fingerprint density at radius 1 is 0.929 bits per heavy atom. The van der Waals surface area contributed by atoms with Crippen LogP contribution in [0.25, 0.3) is 0 Å². The average Bonchev–Trinajstić information content (AvgIpc) is 2.11. The molecule has 0 saturated carbocycles. The van der Waals surface area contributed by atoms with Gasteiger partial charge in [-0.25, -0.2) is 4.79 Å². The number of benzene rings is 1. The van der Waals surface area contributed by atoms with Crippen molar-refractivity contribution in [2.45, 2.75) is 0 Å². The lowest BCUT2D eigenvalue weighted by Gasteiger charge is -2.09. The van der Waals surface area contributed by atoms with E-state index in [0.717, 1.165) is 0 Å². The van der Waals surface area contributed by atoms with Crippen LogP contribution in [0.2, 0.25) is 0 Å². The Morgan fingerprint density at radius 2 is 1.43 bits per heavy atom. The van der Waals surface area contributed by atoms with E-state index in [1.54, 1.807) is 0 Å². The summed E-state index contributed by atoms with van der Waals surface area (Å²) >= 11 is 9.03. The summed E-state index contributed by atoms with van der Waals surface area (Å²) < 4.78 is 0.671. The first kappa shape index (κ1) is 11.8. The Balaban J connectivity index is 3.68. The summed E-state index contributed by atoms with van der Waals surface area (Å²) in [4.78, 5) is 10.7. The highest BCUT2D eigenvalue weighted by atomic mass is 79.9. The molecule has 3 N–H and O–H groups in total. The van der Waals surface area contributed by atoms with E-state index in [-0.39, 0.29) is 8.95 Å². The monoisotopic (exact) mass is 388 g/mol. The number of halogens is 3. The van der Waals surface area contributed by atoms with Crippen LogP contribution < -0.4 is 0 Å². The number of carbonyl (C=O) groups is 1. The van der Waals surface area contributed by atoms with Crippen LogP contribution in [0.3, 0.4) is 0 Å². The Kier molecular flexibility index (Phi) is 3.44. The first-order valence-corrected chi connectivity index (χ1v) is 5.57. The van der Waals surface area contributed by atoms with Crippen LogP contribution in [-0.2, 0) is 0 Å². The average molecular weight is 391 g/mol. The number of aromatic hydroxyl groups is 2. The zero-order valence-corrected chi connectivity index (χ0v) is 11.1. The van der Waals surface area contributed by atoms with Gasteiger partial charge in [0.2, 0.25) is 0 Å². The van der Waals surface area contributed by atoms with Crippen molar-refractivity contribution >= 4 is 53.8 Å². The molecule has 0 spiro atoms. The fourth-order valence-corrected chi connectivity index (χ4v) is 2.43. The summed E-state index contributed by atoms with van der Waals surface area (Å²) in [7, 11) is 0. The lowest BCUT2D eigenvalue weighted by atomic mass is 10.2. The van der Waals surface area contributed by atoms with Crippen molar-refractivity contribution in [2.24, 2.45) is 0 Å². The minimum absolute atomic E-state index is 0.159. The number of hydrogen-bond acceptors (Lipinski definition) is 3. The van der Waals surface area contributed by atoms with Gasteiger partial charge < -0.3 is 15.3 Å². The smallest absolute Gasteiger partial charge is 0.340 e. The molecule has 0 aliphatic carbocycles. The molecule has 0 heterocycles. The van der Waals surface area contributed by atoms with E-state index in [2.05, 4.69) is 47.8 Å². The van der Waals surface area contributed by atoms with Crippen molar-refractivity contribution < 1.29 is 20.1 Å². The van der Waals surface area contributed by atoms with E-state index in [0.29, 0.717) is 4.47 Å². The van der Waals surface area contributed by atoms with Crippen LogP contribution in [-0.4, -0.2) is 21.3 Å². The van der Waals surface area contributed by atoms with E-state index in [1.807, 2.05) is 0 Å². The van der Waals surface area contributed by atoms with Gasteiger partial charge in [0.25, 0.3) is 0 Å². The molecule has 1 rings (SSSR count). The minimum atomic E-state index is -1.34. The minimum Gasteiger partial charge on any atom is -0.504 e. The van der Waals surface area contributed by atoms with Crippen molar-refractivity contribution in [2.75, 3.05) is 0 Å². The number of rotatable bonds is 1. The Labute approximate surface area is 104 Å². The van der Waals surface area contributed by atoms with Gasteiger partial charge in [-0.05, 0) is 47.8 Å². The predicted octanol–water partition coefficient (Wildman–Crippen LogP) is 3.08. The molecule has 0 aromatic heterocycles. The van der Waals surface area contributed by atoms with E-state index < -0.39 is 23.0 Å². The fourth-order valence-electron chi connectivity index (χ4n) is 0.832. The topological polar surface area (TPSA) is 77.8 Å². The molecule has 0 bridgehead atoms. The molecule has 0 fully saturated rings. The highest BCUT2D eigenvalue weighted by Gasteiger charge is 2.23. The molecule has 1 aromatic carbocycles. The zero-order valence-electron chi connectivity index (χ0n) is 6.38. The third-order valence-corrected chi connectivity index (χ3v) is 4.91. The van der Waals surface area contributed by atoms with Gasteiger partial charge in [0.05, 0.1) is 13.4 Å². The van der Waals surface area contributed by atoms with Crippen molar-refractivity contribution in [1.29, 1.82) is 0 Å². The molecule has 0 unspecified atom stereocenters. The Morgan fingerprint density at radius 3 is 1.86 bits per heavy atom. The van der Waals surface area contributed by atoms with Gasteiger partial charge in [0.15, 0.2) is 11.5 Å². The molecule has 0 saturated heterocycles.